The molecule has 1 aromatic rings. The van der Waals surface area contributed by atoms with Gasteiger partial charge in [0.25, 0.3) is 0 Å². The number of hydrogen-bond donors (Lipinski definition) is 1. The van der Waals surface area contributed by atoms with Gasteiger partial charge in [-0.05, 0) is 12.1 Å². The van der Waals surface area contributed by atoms with Crippen LogP contribution < -0.4 is 10.1 Å². The van der Waals surface area contributed by atoms with Gasteiger partial charge < -0.3 is 10.1 Å². The monoisotopic (exact) mass is 213 g/mol. The summed E-state index contributed by atoms with van der Waals surface area (Å²) in [7, 11) is 0. The molecule has 1 fully saturated rings. The number of rotatable bonds is 0. The van der Waals surface area contributed by atoms with E-state index in [0.717, 1.165) is 18.5 Å². The summed E-state index contributed by atoms with van der Waals surface area (Å²) in [5.41, 5.74) is 0.851. The Labute approximate surface area is 86.0 Å². The topological polar surface area (TPSA) is 21.3 Å². The van der Waals surface area contributed by atoms with E-state index in [2.05, 4.69) is 5.32 Å². The smallest absolute Gasteiger partial charge is 0.143 e. The third-order valence-electron chi connectivity index (χ3n) is 2.79. The van der Waals surface area contributed by atoms with E-state index in [1.54, 1.807) is 0 Å². The van der Waals surface area contributed by atoms with Gasteiger partial charge in [0.2, 0.25) is 0 Å². The molecular formula is C10H9ClFNO. The first-order valence-electron chi connectivity index (χ1n) is 4.63. The summed E-state index contributed by atoms with van der Waals surface area (Å²) in [6.07, 6.45) is 1.10. The molecule has 2 atom stereocenters. The molecular weight excluding hydrogens is 205 g/mol. The molecule has 2 nitrogen and oxygen atoms in total. The number of hydrogen-bond acceptors (Lipinski definition) is 2. The first-order chi connectivity index (χ1) is 6.74. The number of fused-ring (bicyclic) bond motifs is 4. The Balaban J connectivity index is 2.18. The Morgan fingerprint density at radius 3 is 3.21 bits per heavy atom. The molecule has 0 aliphatic carbocycles. The van der Waals surface area contributed by atoms with Crippen LogP contribution in [0.15, 0.2) is 12.1 Å². The van der Waals surface area contributed by atoms with Gasteiger partial charge in [0.05, 0.1) is 5.02 Å². The summed E-state index contributed by atoms with van der Waals surface area (Å²) in [5.74, 6) is 0.351. The molecule has 4 heteroatoms. The fourth-order valence-electron chi connectivity index (χ4n) is 2.16. The lowest BCUT2D eigenvalue weighted by molar-refractivity contribution is 0.204. The van der Waals surface area contributed by atoms with E-state index in [1.165, 1.54) is 12.1 Å². The van der Waals surface area contributed by atoms with E-state index >= 15 is 0 Å². The van der Waals surface area contributed by atoms with E-state index in [9.17, 15) is 4.39 Å². The lowest BCUT2D eigenvalue weighted by Crippen LogP contribution is -2.20. The van der Waals surface area contributed by atoms with Crippen LogP contribution in [-0.4, -0.2) is 12.6 Å². The molecule has 2 aliphatic heterocycles. The van der Waals surface area contributed by atoms with E-state index < -0.39 is 0 Å². The second-order valence-corrected chi connectivity index (χ2v) is 4.15. The van der Waals surface area contributed by atoms with Gasteiger partial charge >= 0.3 is 0 Å². The molecule has 1 aromatic carbocycles. The summed E-state index contributed by atoms with van der Waals surface area (Å²) >= 11 is 5.91. The zero-order valence-electron chi connectivity index (χ0n) is 7.39. The number of ether oxygens (including phenoxy) is 1. The minimum absolute atomic E-state index is 0.190. The van der Waals surface area contributed by atoms with Crippen LogP contribution in [0.1, 0.15) is 18.0 Å². The van der Waals surface area contributed by atoms with Crippen molar-refractivity contribution in [3.8, 4) is 5.75 Å². The van der Waals surface area contributed by atoms with Crippen LogP contribution in [0, 0.1) is 5.82 Å². The van der Waals surface area contributed by atoms with Crippen molar-refractivity contribution in [3.63, 3.8) is 0 Å². The second kappa shape index (κ2) is 2.84. The Morgan fingerprint density at radius 1 is 1.50 bits per heavy atom. The first-order valence-corrected chi connectivity index (χ1v) is 5.01. The zero-order chi connectivity index (χ0) is 9.71. The molecule has 0 radical (unpaired) electrons. The normalized spacial score (nSPS) is 28.4. The molecule has 2 aliphatic rings. The quantitative estimate of drug-likeness (QED) is 0.714. The maximum absolute atomic E-state index is 13.1. The minimum atomic E-state index is -0.301. The van der Waals surface area contributed by atoms with Crippen molar-refractivity contribution in [2.45, 2.75) is 18.6 Å². The van der Waals surface area contributed by atoms with E-state index in [1.807, 2.05) is 0 Å². The van der Waals surface area contributed by atoms with Gasteiger partial charge in [-0.1, -0.05) is 11.6 Å². The van der Waals surface area contributed by atoms with Crippen molar-refractivity contribution in [1.82, 2.24) is 5.32 Å². The molecule has 14 heavy (non-hydrogen) atoms. The fraction of sp³-hybridized carbons (Fsp3) is 0.400. The standard InChI is InChI=1S/C10H9ClFNO/c11-8-2-5(12)1-7-9-3-6(4-13-9)14-10(7)8/h1-2,6,9,13H,3-4H2/t6-,9-/m0/s1. The summed E-state index contributed by atoms with van der Waals surface area (Å²) in [5, 5.41) is 3.65. The number of benzene rings is 1. The average Bonchev–Trinajstić information content (AvgIpc) is 2.52. The Morgan fingerprint density at radius 2 is 2.36 bits per heavy atom. The Hall–Kier alpha value is -0.800. The molecule has 0 saturated carbocycles. The third kappa shape index (κ3) is 1.12. The SMILES string of the molecule is Fc1cc(Cl)c2c(c1)[C@@H]1C[C@@H](CN1)O2. The molecule has 0 amide bonds. The molecule has 2 heterocycles. The van der Waals surface area contributed by atoms with Crippen molar-refractivity contribution in [2.75, 3.05) is 6.54 Å². The second-order valence-electron chi connectivity index (χ2n) is 3.74. The van der Waals surface area contributed by atoms with Crippen LogP contribution in [0.3, 0.4) is 0 Å². The molecule has 74 valence electrons. The van der Waals surface area contributed by atoms with Crippen molar-refractivity contribution < 1.29 is 9.13 Å². The lowest BCUT2D eigenvalue weighted by Gasteiger charge is -2.24. The maximum atomic E-state index is 13.1. The van der Waals surface area contributed by atoms with E-state index in [-0.39, 0.29) is 18.0 Å². The molecule has 0 unspecified atom stereocenters. The van der Waals surface area contributed by atoms with Crippen molar-refractivity contribution in [3.05, 3.63) is 28.5 Å². The van der Waals surface area contributed by atoms with Gasteiger partial charge in [0.15, 0.2) is 0 Å². The van der Waals surface area contributed by atoms with Crippen molar-refractivity contribution in [1.29, 1.82) is 0 Å². The average molecular weight is 214 g/mol. The van der Waals surface area contributed by atoms with Crippen molar-refractivity contribution in [2.24, 2.45) is 0 Å². The van der Waals surface area contributed by atoms with Crippen LogP contribution in [0.5, 0.6) is 5.75 Å². The molecule has 1 saturated heterocycles. The van der Waals surface area contributed by atoms with Crippen molar-refractivity contribution >= 4 is 11.6 Å². The molecule has 0 aromatic heterocycles. The summed E-state index contributed by atoms with van der Waals surface area (Å²) in [6.45, 7) is 0.817. The Bertz CT molecular complexity index is 396. The van der Waals surface area contributed by atoms with Gasteiger partial charge in [-0.2, -0.15) is 0 Å². The summed E-state index contributed by atoms with van der Waals surface area (Å²) in [6, 6.07) is 3.00. The predicted molar refractivity (Wildman–Crippen MR) is 51.2 cm³/mol. The van der Waals surface area contributed by atoms with Crippen LogP contribution in [0.2, 0.25) is 5.02 Å². The van der Waals surface area contributed by atoms with Gasteiger partial charge in [-0.15, -0.1) is 0 Å². The van der Waals surface area contributed by atoms with Gasteiger partial charge in [0.1, 0.15) is 17.7 Å². The Kier molecular flexibility index (Phi) is 1.73. The molecule has 1 N–H and O–H groups in total. The largest absolute Gasteiger partial charge is 0.487 e. The van der Waals surface area contributed by atoms with Crippen LogP contribution in [-0.2, 0) is 0 Å². The number of nitrogens with one attached hydrogen (secondary N) is 1. The highest BCUT2D eigenvalue weighted by atomic mass is 35.5. The van der Waals surface area contributed by atoms with E-state index in [0.29, 0.717) is 10.8 Å². The predicted octanol–water partition coefficient (Wildman–Crippen LogP) is 2.27. The fourth-order valence-corrected chi connectivity index (χ4v) is 2.42. The third-order valence-corrected chi connectivity index (χ3v) is 3.07. The first kappa shape index (κ1) is 8.50. The van der Waals surface area contributed by atoms with Gasteiger partial charge in [-0.25, -0.2) is 4.39 Å². The molecule has 2 bridgehead atoms. The number of halogens is 2. The van der Waals surface area contributed by atoms with Gasteiger partial charge in [0, 0.05) is 24.6 Å². The maximum Gasteiger partial charge on any atom is 0.143 e. The van der Waals surface area contributed by atoms with Gasteiger partial charge in [-0.3, -0.25) is 0 Å². The lowest BCUT2D eigenvalue weighted by atomic mass is 10.0. The highest BCUT2D eigenvalue weighted by Crippen LogP contribution is 2.42. The minimum Gasteiger partial charge on any atom is -0.487 e. The highest BCUT2D eigenvalue weighted by molar-refractivity contribution is 6.32. The molecule has 0 spiro atoms. The zero-order valence-corrected chi connectivity index (χ0v) is 8.14. The molecule has 3 rings (SSSR count). The van der Waals surface area contributed by atoms with Crippen LogP contribution >= 0.6 is 11.6 Å². The van der Waals surface area contributed by atoms with Crippen LogP contribution in [0.25, 0.3) is 0 Å². The van der Waals surface area contributed by atoms with Crippen LogP contribution in [0.4, 0.5) is 4.39 Å². The summed E-state index contributed by atoms with van der Waals surface area (Å²) in [4.78, 5) is 0. The summed E-state index contributed by atoms with van der Waals surface area (Å²) < 4.78 is 18.8. The van der Waals surface area contributed by atoms with E-state index in [4.69, 9.17) is 16.3 Å². The highest BCUT2D eigenvalue weighted by Gasteiger charge is 2.35.